The lowest BCUT2D eigenvalue weighted by Crippen LogP contribution is -1.95. The van der Waals surface area contributed by atoms with Crippen LogP contribution in [0.1, 0.15) is 30.7 Å². The van der Waals surface area contributed by atoms with Gasteiger partial charge in [0.1, 0.15) is 18.6 Å². The van der Waals surface area contributed by atoms with Gasteiger partial charge in [-0.2, -0.15) is 0 Å². The molecule has 2 aromatic rings. The Bertz CT molecular complexity index is 471. The maximum Gasteiger partial charge on any atom is 0.245 e. The Hall–Kier alpha value is -2.02. The van der Waals surface area contributed by atoms with Gasteiger partial charge in [0.15, 0.2) is 11.5 Å². The highest BCUT2D eigenvalue weighted by atomic mass is 16.5. The van der Waals surface area contributed by atoms with Crippen molar-refractivity contribution in [2.24, 2.45) is 0 Å². The average molecular weight is 254 g/mol. The van der Waals surface area contributed by atoms with E-state index in [1.54, 1.807) is 6.92 Å². The van der Waals surface area contributed by atoms with Crippen LogP contribution >= 0.6 is 0 Å². The van der Waals surface area contributed by atoms with E-state index in [0.29, 0.717) is 11.8 Å². The summed E-state index contributed by atoms with van der Waals surface area (Å²) < 4.78 is 14.9. The molecule has 3 heterocycles. The molecule has 1 aliphatic rings. The van der Waals surface area contributed by atoms with Gasteiger partial charge in [0, 0.05) is 13.5 Å². The maximum absolute atomic E-state index is 8.42. The van der Waals surface area contributed by atoms with Crippen LogP contribution in [0.3, 0.4) is 0 Å². The van der Waals surface area contributed by atoms with E-state index in [4.69, 9.17) is 19.4 Å². The molecular formula is C11H14N2O5. The Morgan fingerprint density at radius 2 is 1.94 bits per heavy atom. The molecule has 1 unspecified atom stereocenters. The van der Waals surface area contributed by atoms with Gasteiger partial charge in [0.2, 0.25) is 11.8 Å². The summed E-state index contributed by atoms with van der Waals surface area (Å²) in [5.41, 5.74) is 0. The third-order valence-corrected chi connectivity index (χ3v) is 2.37. The zero-order valence-corrected chi connectivity index (χ0v) is 9.87. The Morgan fingerprint density at radius 1 is 1.22 bits per heavy atom. The molecule has 1 saturated heterocycles. The van der Waals surface area contributed by atoms with Crippen molar-refractivity contribution >= 4 is 0 Å². The van der Waals surface area contributed by atoms with Gasteiger partial charge >= 0.3 is 0 Å². The van der Waals surface area contributed by atoms with Gasteiger partial charge in [-0.15, -0.1) is 10.2 Å². The predicted molar refractivity (Wildman–Crippen MR) is 59.0 cm³/mol. The number of hydrogen-bond donors (Lipinski definition) is 2. The lowest BCUT2D eigenvalue weighted by molar-refractivity contribution is 0.0884. The molecule has 2 N–H and O–H groups in total. The first-order valence-electron chi connectivity index (χ1n) is 5.52. The van der Waals surface area contributed by atoms with Gasteiger partial charge < -0.3 is 23.8 Å². The third kappa shape index (κ3) is 3.01. The van der Waals surface area contributed by atoms with Gasteiger partial charge in [0.25, 0.3) is 0 Å². The van der Waals surface area contributed by atoms with E-state index in [1.807, 2.05) is 0 Å². The Balaban J connectivity index is 0.000000149. The quantitative estimate of drug-likeness (QED) is 0.801. The fourth-order valence-corrected chi connectivity index (χ4v) is 1.50. The highest BCUT2D eigenvalue weighted by Gasteiger charge is 2.22. The number of aromatic nitrogens is 2. The van der Waals surface area contributed by atoms with Crippen LogP contribution in [0.15, 0.2) is 21.4 Å². The first kappa shape index (κ1) is 12.4. The molecule has 1 atom stereocenters. The molecule has 3 rings (SSSR count). The summed E-state index contributed by atoms with van der Waals surface area (Å²) in [4.78, 5) is 0. The van der Waals surface area contributed by atoms with E-state index in [1.165, 1.54) is 0 Å². The molecule has 1 fully saturated rings. The van der Waals surface area contributed by atoms with Crippen LogP contribution in [0, 0.1) is 6.92 Å². The van der Waals surface area contributed by atoms with E-state index in [-0.39, 0.29) is 17.6 Å². The SMILES string of the molecule is Cc1nnc(C2CCCO2)o1.Oc1cocc1O. The van der Waals surface area contributed by atoms with Crippen LogP contribution in [-0.4, -0.2) is 27.0 Å². The highest BCUT2D eigenvalue weighted by molar-refractivity contribution is 5.30. The number of aromatic hydroxyl groups is 2. The van der Waals surface area contributed by atoms with Crippen molar-refractivity contribution in [1.82, 2.24) is 10.2 Å². The smallest absolute Gasteiger partial charge is 0.245 e. The third-order valence-electron chi connectivity index (χ3n) is 2.37. The van der Waals surface area contributed by atoms with Crippen molar-refractivity contribution in [3.05, 3.63) is 24.3 Å². The summed E-state index contributed by atoms with van der Waals surface area (Å²) in [7, 11) is 0. The summed E-state index contributed by atoms with van der Waals surface area (Å²) in [5.74, 6) is 0.788. The van der Waals surface area contributed by atoms with Gasteiger partial charge in [0.05, 0.1) is 0 Å². The van der Waals surface area contributed by atoms with Gasteiger partial charge in [-0.05, 0) is 12.8 Å². The van der Waals surface area contributed by atoms with Crippen LogP contribution in [0.25, 0.3) is 0 Å². The van der Waals surface area contributed by atoms with Crippen LogP contribution in [0.4, 0.5) is 0 Å². The van der Waals surface area contributed by atoms with E-state index in [9.17, 15) is 0 Å². The van der Waals surface area contributed by atoms with Crippen LogP contribution < -0.4 is 0 Å². The average Bonchev–Trinajstić information content (AvgIpc) is 3.04. The molecule has 0 radical (unpaired) electrons. The fraction of sp³-hybridized carbons (Fsp3) is 0.455. The molecule has 0 amide bonds. The predicted octanol–water partition coefficient (Wildman–Crippen LogP) is 1.92. The normalized spacial score (nSPS) is 18.4. The highest BCUT2D eigenvalue weighted by Crippen LogP contribution is 2.26. The number of aryl methyl sites for hydroxylation is 1. The van der Waals surface area contributed by atoms with Crippen molar-refractivity contribution in [2.75, 3.05) is 6.61 Å². The first-order chi connectivity index (χ1) is 8.66. The lowest BCUT2D eigenvalue weighted by atomic mass is 10.2. The molecule has 2 aromatic heterocycles. The molecule has 18 heavy (non-hydrogen) atoms. The Morgan fingerprint density at radius 3 is 2.33 bits per heavy atom. The zero-order chi connectivity index (χ0) is 13.0. The Labute approximate surface area is 103 Å². The maximum atomic E-state index is 8.42. The molecule has 7 heteroatoms. The number of hydrogen-bond acceptors (Lipinski definition) is 7. The summed E-state index contributed by atoms with van der Waals surface area (Å²) in [6.45, 7) is 2.59. The van der Waals surface area contributed by atoms with Crippen molar-refractivity contribution in [2.45, 2.75) is 25.9 Å². The molecule has 7 nitrogen and oxygen atoms in total. The minimum absolute atomic E-state index is 0.0520. The number of furan rings is 1. The molecule has 0 bridgehead atoms. The monoisotopic (exact) mass is 254 g/mol. The van der Waals surface area contributed by atoms with E-state index in [0.717, 1.165) is 32.0 Å². The number of ether oxygens (including phenoxy) is 1. The lowest BCUT2D eigenvalue weighted by Gasteiger charge is -2.00. The second-order valence-electron chi connectivity index (χ2n) is 3.80. The van der Waals surface area contributed by atoms with Crippen molar-refractivity contribution in [3.63, 3.8) is 0 Å². The molecule has 98 valence electrons. The molecule has 0 aromatic carbocycles. The zero-order valence-electron chi connectivity index (χ0n) is 9.87. The van der Waals surface area contributed by atoms with Gasteiger partial charge in [-0.3, -0.25) is 0 Å². The summed E-state index contributed by atoms with van der Waals surface area (Å²) >= 11 is 0. The van der Waals surface area contributed by atoms with Crippen LogP contribution in [0.5, 0.6) is 11.5 Å². The van der Waals surface area contributed by atoms with Crippen molar-refractivity contribution in [1.29, 1.82) is 0 Å². The summed E-state index contributed by atoms with van der Waals surface area (Å²) in [5, 5.41) is 24.5. The van der Waals surface area contributed by atoms with Gasteiger partial charge in [-0.25, -0.2) is 0 Å². The van der Waals surface area contributed by atoms with E-state index < -0.39 is 0 Å². The summed E-state index contributed by atoms with van der Waals surface area (Å²) in [6.07, 6.45) is 4.24. The van der Waals surface area contributed by atoms with E-state index >= 15 is 0 Å². The Kier molecular flexibility index (Phi) is 3.83. The van der Waals surface area contributed by atoms with Crippen molar-refractivity contribution in [3.8, 4) is 11.5 Å². The molecule has 0 spiro atoms. The summed E-state index contributed by atoms with van der Waals surface area (Å²) in [6, 6.07) is 0. The topological polar surface area (TPSA) is 102 Å². The standard InChI is InChI=1S/C7H10N2O2.C4H4O3/c1-5-8-9-7(11-5)6-3-2-4-10-6;5-3-1-7-2-4(3)6/h6H,2-4H2,1H3;1-2,5-6H. The minimum atomic E-state index is -0.222. The minimum Gasteiger partial charge on any atom is -0.502 e. The number of nitrogens with zero attached hydrogens (tertiary/aromatic N) is 2. The van der Waals surface area contributed by atoms with Gasteiger partial charge in [-0.1, -0.05) is 0 Å². The second kappa shape index (κ2) is 5.54. The van der Waals surface area contributed by atoms with Crippen LogP contribution in [-0.2, 0) is 4.74 Å². The fourth-order valence-electron chi connectivity index (χ4n) is 1.50. The molecule has 0 saturated carbocycles. The molecule has 1 aliphatic heterocycles. The largest absolute Gasteiger partial charge is 0.502 e. The van der Waals surface area contributed by atoms with Crippen molar-refractivity contribution < 1.29 is 23.8 Å². The van der Waals surface area contributed by atoms with Crippen LogP contribution in [0.2, 0.25) is 0 Å². The second-order valence-corrected chi connectivity index (χ2v) is 3.80. The van der Waals surface area contributed by atoms with E-state index in [2.05, 4.69) is 14.6 Å². The number of rotatable bonds is 1. The first-order valence-corrected chi connectivity index (χ1v) is 5.52. The molecule has 0 aliphatic carbocycles. The molecular weight excluding hydrogens is 240 g/mol.